The number of carbonyl (C=O) groups is 2. The van der Waals surface area contributed by atoms with Crippen molar-refractivity contribution in [2.75, 3.05) is 47.2 Å². The second-order valence-corrected chi connectivity index (χ2v) is 15.1. The zero-order valence-corrected chi connectivity index (χ0v) is 26.0. The van der Waals surface area contributed by atoms with E-state index in [1.54, 1.807) is 11.8 Å². The van der Waals surface area contributed by atoms with Crippen LogP contribution in [0, 0.1) is 16.7 Å². The molecular weight excluding hydrogens is 509 g/mol. The van der Waals surface area contributed by atoms with Crippen molar-refractivity contribution in [1.29, 1.82) is 0 Å². The van der Waals surface area contributed by atoms with E-state index in [2.05, 4.69) is 41.5 Å². The molecule has 0 aromatic rings. The van der Waals surface area contributed by atoms with E-state index in [9.17, 15) is 9.59 Å². The Hall–Kier alpha value is -0.580. The molecule has 0 N–H and O–H groups in total. The van der Waals surface area contributed by atoms with E-state index in [-0.39, 0.29) is 41.9 Å². The predicted octanol–water partition coefficient (Wildman–Crippen LogP) is 5.48. The van der Waals surface area contributed by atoms with Crippen LogP contribution < -0.4 is 0 Å². The molecule has 198 valence electrons. The number of thioether (sulfide) groups is 2. The molecule has 2 atom stereocenters. The lowest BCUT2D eigenvalue weighted by Crippen LogP contribution is -2.39. The number of hydrogen-bond acceptors (Lipinski definition) is 8. The van der Waals surface area contributed by atoms with Crippen molar-refractivity contribution in [2.24, 2.45) is 16.7 Å². The summed E-state index contributed by atoms with van der Waals surface area (Å²) >= 11 is 13.4. The molecule has 2 unspecified atom stereocenters. The highest BCUT2D eigenvalue weighted by atomic mass is 32.2. The fraction of sp³-hybridized carbons (Fsp3) is 0.833. The molecule has 0 aliphatic rings. The van der Waals surface area contributed by atoms with E-state index < -0.39 is 4.75 Å². The smallest absolute Gasteiger partial charge is 0.322 e. The summed E-state index contributed by atoms with van der Waals surface area (Å²) in [6, 6.07) is 0. The highest BCUT2D eigenvalue weighted by Crippen LogP contribution is 2.37. The fourth-order valence-electron chi connectivity index (χ4n) is 2.83. The van der Waals surface area contributed by atoms with E-state index in [1.165, 1.54) is 23.5 Å². The van der Waals surface area contributed by atoms with Crippen molar-refractivity contribution in [2.45, 2.75) is 66.1 Å². The van der Waals surface area contributed by atoms with Gasteiger partial charge in [0.05, 0.1) is 12.5 Å². The Kier molecular flexibility index (Phi) is 14.0. The van der Waals surface area contributed by atoms with Crippen LogP contribution in [-0.4, -0.2) is 82.3 Å². The van der Waals surface area contributed by atoms with E-state index in [0.29, 0.717) is 16.5 Å². The highest BCUT2D eigenvalue weighted by molar-refractivity contribution is 8.24. The van der Waals surface area contributed by atoms with Gasteiger partial charge in [-0.05, 0) is 24.2 Å². The molecule has 0 saturated heterocycles. The molecule has 0 bridgehead atoms. The van der Waals surface area contributed by atoms with Crippen LogP contribution in [0.1, 0.15) is 61.3 Å². The number of esters is 2. The van der Waals surface area contributed by atoms with Gasteiger partial charge < -0.3 is 19.3 Å². The Bertz CT molecular complexity index is 715. The SMILES string of the molecule is CN(C)C(=S)SCCOC(=O)C(C)(CCOC(=O)C(CC(C)(C)C)C(C)(C)C)SC(=S)N(C)C. The van der Waals surface area contributed by atoms with Gasteiger partial charge in [0.15, 0.2) is 0 Å². The number of rotatable bonds is 10. The van der Waals surface area contributed by atoms with Crippen LogP contribution in [0.2, 0.25) is 0 Å². The first kappa shape index (κ1) is 33.4. The molecule has 0 aliphatic heterocycles. The molecule has 0 spiro atoms. The van der Waals surface area contributed by atoms with Crippen molar-refractivity contribution in [3.8, 4) is 0 Å². The quantitative estimate of drug-likeness (QED) is 0.198. The molecule has 0 amide bonds. The molecule has 0 aromatic carbocycles. The van der Waals surface area contributed by atoms with Gasteiger partial charge >= 0.3 is 11.9 Å². The molecule has 0 fully saturated rings. The minimum atomic E-state index is -0.977. The number of ether oxygens (including phenoxy) is 2. The van der Waals surface area contributed by atoms with Crippen molar-refractivity contribution in [3.63, 3.8) is 0 Å². The Labute approximate surface area is 226 Å². The van der Waals surface area contributed by atoms with Gasteiger partial charge in [-0.25, -0.2) is 0 Å². The Balaban J connectivity index is 5.23. The van der Waals surface area contributed by atoms with Gasteiger partial charge in [0.2, 0.25) is 0 Å². The van der Waals surface area contributed by atoms with Crippen molar-refractivity contribution >= 4 is 68.5 Å². The third-order valence-corrected chi connectivity index (χ3v) is 8.66. The first-order valence-electron chi connectivity index (χ1n) is 11.4. The van der Waals surface area contributed by atoms with Crippen molar-refractivity contribution < 1.29 is 19.1 Å². The molecule has 0 heterocycles. The second-order valence-electron chi connectivity index (χ2n) is 11.2. The topological polar surface area (TPSA) is 59.1 Å². The maximum absolute atomic E-state index is 13.0. The first-order valence-corrected chi connectivity index (χ1v) is 14.0. The summed E-state index contributed by atoms with van der Waals surface area (Å²) in [6.07, 6.45) is 1.02. The van der Waals surface area contributed by atoms with E-state index >= 15 is 0 Å². The monoisotopic (exact) mass is 552 g/mol. The minimum Gasteiger partial charge on any atom is -0.465 e. The molecular formula is C24H44N2O4S4. The molecule has 0 aromatic heterocycles. The summed E-state index contributed by atoms with van der Waals surface area (Å²) < 4.78 is 11.6. The summed E-state index contributed by atoms with van der Waals surface area (Å²) in [5.41, 5.74) is -0.228. The molecule has 6 nitrogen and oxygen atoms in total. The normalized spacial score (nSPS) is 14.6. The van der Waals surface area contributed by atoms with Crippen LogP contribution in [0.4, 0.5) is 0 Å². The Morgan fingerprint density at radius 1 is 0.853 bits per heavy atom. The van der Waals surface area contributed by atoms with Crippen LogP contribution in [-0.2, 0) is 19.1 Å². The number of hydrogen-bond donors (Lipinski definition) is 0. The average molecular weight is 553 g/mol. The van der Waals surface area contributed by atoms with Crippen LogP contribution >= 0.6 is 48.0 Å². The summed E-state index contributed by atoms with van der Waals surface area (Å²) in [5.74, 6) is -0.279. The third kappa shape index (κ3) is 12.9. The summed E-state index contributed by atoms with van der Waals surface area (Å²) in [7, 11) is 7.43. The zero-order chi connectivity index (χ0) is 26.9. The molecule has 0 rings (SSSR count). The summed E-state index contributed by atoms with van der Waals surface area (Å²) in [4.78, 5) is 29.7. The van der Waals surface area contributed by atoms with Gasteiger partial charge in [-0.3, -0.25) is 9.59 Å². The lowest BCUT2D eigenvalue weighted by Gasteiger charge is -2.34. The molecule has 0 saturated carbocycles. The van der Waals surface area contributed by atoms with Crippen LogP contribution in [0.3, 0.4) is 0 Å². The van der Waals surface area contributed by atoms with E-state index in [1.807, 2.05) is 33.1 Å². The van der Waals surface area contributed by atoms with Gasteiger partial charge in [0.25, 0.3) is 0 Å². The van der Waals surface area contributed by atoms with Gasteiger partial charge in [0, 0.05) is 40.4 Å². The maximum atomic E-state index is 13.0. The fourth-order valence-corrected chi connectivity index (χ4v) is 5.12. The molecule has 34 heavy (non-hydrogen) atoms. The van der Waals surface area contributed by atoms with Crippen LogP contribution in [0.5, 0.6) is 0 Å². The van der Waals surface area contributed by atoms with Crippen molar-refractivity contribution in [3.05, 3.63) is 0 Å². The van der Waals surface area contributed by atoms with Crippen LogP contribution in [0.15, 0.2) is 0 Å². The third-order valence-electron chi connectivity index (χ3n) is 4.99. The molecule has 0 radical (unpaired) electrons. The highest BCUT2D eigenvalue weighted by Gasteiger charge is 2.39. The summed E-state index contributed by atoms with van der Waals surface area (Å²) in [6.45, 7) is 14.7. The van der Waals surface area contributed by atoms with Crippen LogP contribution in [0.25, 0.3) is 0 Å². The number of thiocarbonyl (C=S) groups is 2. The van der Waals surface area contributed by atoms with Crippen molar-refractivity contribution in [1.82, 2.24) is 9.80 Å². The van der Waals surface area contributed by atoms with E-state index in [4.69, 9.17) is 33.9 Å². The predicted molar refractivity (Wildman–Crippen MR) is 155 cm³/mol. The minimum absolute atomic E-state index is 0.00402. The zero-order valence-electron chi connectivity index (χ0n) is 22.8. The molecule has 10 heteroatoms. The van der Waals surface area contributed by atoms with Gasteiger partial charge in [-0.2, -0.15) is 0 Å². The van der Waals surface area contributed by atoms with Gasteiger partial charge in [-0.15, -0.1) is 0 Å². The number of nitrogens with zero attached hydrogens (tertiary/aromatic N) is 2. The average Bonchev–Trinajstić information content (AvgIpc) is 2.67. The second kappa shape index (κ2) is 14.2. The lowest BCUT2D eigenvalue weighted by atomic mass is 9.72. The standard InChI is InChI=1S/C24H44N2O4S4/c1-22(2,3)16-17(23(4,5)6)18(27)29-13-12-24(7,34-21(32)26(10)11)19(28)30-14-15-33-20(31)25(8)9/h17H,12-16H2,1-11H3. The largest absolute Gasteiger partial charge is 0.465 e. The first-order chi connectivity index (χ1) is 15.3. The summed E-state index contributed by atoms with van der Waals surface area (Å²) in [5, 5.41) is 0. The lowest BCUT2D eigenvalue weighted by molar-refractivity contribution is -0.156. The van der Waals surface area contributed by atoms with Gasteiger partial charge in [0.1, 0.15) is 20.0 Å². The Morgan fingerprint density at radius 3 is 1.82 bits per heavy atom. The Morgan fingerprint density at radius 2 is 1.38 bits per heavy atom. The maximum Gasteiger partial charge on any atom is 0.322 e. The van der Waals surface area contributed by atoms with E-state index in [0.717, 1.165) is 10.7 Å². The van der Waals surface area contributed by atoms with Gasteiger partial charge in [-0.1, -0.05) is 89.5 Å². The molecule has 0 aliphatic carbocycles. The number of carbonyl (C=O) groups excluding carboxylic acids is 2.